The molecule has 0 saturated carbocycles. The van der Waals surface area contributed by atoms with Gasteiger partial charge in [-0.1, -0.05) is 18.2 Å². The summed E-state index contributed by atoms with van der Waals surface area (Å²) in [5, 5.41) is 36.9. The van der Waals surface area contributed by atoms with Crippen molar-refractivity contribution >= 4 is 29.5 Å². The van der Waals surface area contributed by atoms with Gasteiger partial charge >= 0.3 is 17.9 Å². The number of nitrogens with one attached hydrogen (secondary N) is 1. The molecular formula is C30H37F2N3O8. The maximum Gasteiger partial charge on any atom is 0.336 e. The molecule has 43 heavy (non-hydrogen) atoms. The molecule has 13 heteroatoms. The third-order valence-electron chi connectivity index (χ3n) is 7.67. The number of likely N-dealkylation sites (tertiary alicyclic amines) is 1. The van der Waals surface area contributed by atoms with Gasteiger partial charge in [-0.15, -0.1) is 0 Å². The first kappa shape index (κ1) is 33.4. The molecule has 2 aromatic carbocycles. The summed E-state index contributed by atoms with van der Waals surface area (Å²) in [5.41, 5.74) is -0.627. The van der Waals surface area contributed by atoms with Crippen LogP contribution in [-0.2, 0) is 31.3 Å². The Bertz CT molecular complexity index is 1290. The zero-order valence-corrected chi connectivity index (χ0v) is 23.9. The quantitative estimate of drug-likeness (QED) is 0.272. The number of amides is 1. The molecule has 0 aliphatic carbocycles. The van der Waals surface area contributed by atoms with Crippen molar-refractivity contribution in [1.29, 1.82) is 0 Å². The first-order chi connectivity index (χ1) is 20.2. The summed E-state index contributed by atoms with van der Waals surface area (Å²) in [6, 6.07) is 12.0. The first-order valence-electron chi connectivity index (χ1n) is 13.9. The number of halogens is 2. The Morgan fingerprint density at radius 2 is 1.44 bits per heavy atom. The van der Waals surface area contributed by atoms with Gasteiger partial charge in [-0.25, -0.2) is 13.6 Å². The van der Waals surface area contributed by atoms with Crippen LogP contribution in [0.3, 0.4) is 0 Å². The number of rotatable bonds is 10. The lowest BCUT2D eigenvalue weighted by atomic mass is 9.80. The number of piperidine rings is 1. The number of carboxylic acids is 3. The van der Waals surface area contributed by atoms with Crippen LogP contribution in [0.15, 0.2) is 42.5 Å². The van der Waals surface area contributed by atoms with Crippen molar-refractivity contribution < 1.29 is 48.4 Å². The van der Waals surface area contributed by atoms with E-state index in [9.17, 15) is 28.0 Å². The van der Waals surface area contributed by atoms with Gasteiger partial charge in [0, 0.05) is 39.6 Å². The number of hydrogen-bond donors (Lipinski definition) is 5. The van der Waals surface area contributed by atoms with Gasteiger partial charge in [-0.05, 0) is 61.1 Å². The van der Waals surface area contributed by atoms with E-state index in [1.54, 1.807) is 18.2 Å². The monoisotopic (exact) mass is 605 g/mol. The number of aliphatic carboxylic acids is 3. The molecule has 2 aliphatic rings. The second-order valence-electron chi connectivity index (χ2n) is 11.0. The number of carboxylic acid groups (broad SMARTS) is 3. The number of benzene rings is 2. The zero-order valence-electron chi connectivity index (χ0n) is 23.9. The largest absolute Gasteiger partial charge is 0.481 e. The first-order valence-corrected chi connectivity index (χ1v) is 13.9. The number of nitrogens with zero attached hydrogens (tertiary/aromatic N) is 2. The minimum absolute atomic E-state index is 0.0904. The Morgan fingerprint density at radius 3 is 1.91 bits per heavy atom. The molecule has 0 unspecified atom stereocenters. The van der Waals surface area contributed by atoms with Gasteiger partial charge < -0.3 is 30.6 Å². The molecule has 2 saturated heterocycles. The van der Waals surface area contributed by atoms with E-state index in [0.29, 0.717) is 12.2 Å². The van der Waals surface area contributed by atoms with Crippen LogP contribution in [0, 0.1) is 11.6 Å². The fraction of sp³-hybridized carbons (Fsp3) is 0.467. The smallest absolute Gasteiger partial charge is 0.336 e. The maximum absolute atomic E-state index is 14.6. The molecule has 11 nitrogen and oxygen atoms in total. The maximum atomic E-state index is 14.6. The highest BCUT2D eigenvalue weighted by Gasteiger charge is 2.41. The molecule has 0 bridgehead atoms. The average molecular weight is 606 g/mol. The summed E-state index contributed by atoms with van der Waals surface area (Å²) >= 11 is 0. The zero-order chi connectivity index (χ0) is 31.8. The van der Waals surface area contributed by atoms with E-state index in [1.807, 2.05) is 12.1 Å². The van der Waals surface area contributed by atoms with Crippen LogP contribution in [-0.4, -0.2) is 80.9 Å². The fourth-order valence-electron chi connectivity index (χ4n) is 5.52. The van der Waals surface area contributed by atoms with Gasteiger partial charge in [-0.2, -0.15) is 0 Å². The molecule has 0 spiro atoms. The standard InChI is InChI=1S/C24H29F2N3O.C6H8O7/c1-18(30)27-24(20-5-7-21(25)8-6-20)10-14-28(15-11-24)17-19-4-9-23(22(26)16-19)29-12-2-3-13-29;7-3(8)1-6(13,5(11)12)2-4(9)10/h4-9,16H,2-3,10-15,17H2,1H3,(H,27,30);13H,1-2H2,(H,7,8)(H,9,10)(H,11,12). The predicted molar refractivity (Wildman–Crippen MR) is 151 cm³/mol. The predicted octanol–water partition coefficient (Wildman–Crippen LogP) is 2.94. The van der Waals surface area contributed by atoms with Gasteiger partial charge in [0.15, 0.2) is 5.60 Å². The van der Waals surface area contributed by atoms with Crippen molar-refractivity contribution in [3.05, 3.63) is 65.2 Å². The van der Waals surface area contributed by atoms with Crippen molar-refractivity contribution in [3.63, 3.8) is 0 Å². The second-order valence-corrected chi connectivity index (χ2v) is 11.0. The van der Waals surface area contributed by atoms with E-state index in [4.69, 9.17) is 20.4 Å². The van der Waals surface area contributed by atoms with Crippen molar-refractivity contribution in [1.82, 2.24) is 10.2 Å². The van der Waals surface area contributed by atoms with Gasteiger partial charge in [0.2, 0.25) is 5.91 Å². The summed E-state index contributed by atoms with van der Waals surface area (Å²) in [6.07, 6.45) is 1.42. The minimum Gasteiger partial charge on any atom is -0.481 e. The highest BCUT2D eigenvalue weighted by Crippen LogP contribution is 2.34. The molecule has 1 amide bonds. The van der Waals surface area contributed by atoms with E-state index in [-0.39, 0.29) is 17.5 Å². The molecule has 2 heterocycles. The van der Waals surface area contributed by atoms with Crippen molar-refractivity contribution in [2.45, 2.75) is 63.1 Å². The summed E-state index contributed by atoms with van der Waals surface area (Å²) in [4.78, 5) is 46.7. The van der Waals surface area contributed by atoms with Crippen LogP contribution >= 0.6 is 0 Å². The van der Waals surface area contributed by atoms with E-state index in [0.717, 1.165) is 63.0 Å². The van der Waals surface area contributed by atoms with Gasteiger partial charge in [0.05, 0.1) is 24.1 Å². The second kappa shape index (κ2) is 14.4. The number of hydrogen-bond acceptors (Lipinski definition) is 7. The Kier molecular flexibility index (Phi) is 11.2. The number of carbonyl (C=O) groups is 4. The topological polar surface area (TPSA) is 168 Å². The molecule has 0 aromatic heterocycles. The molecule has 2 fully saturated rings. The van der Waals surface area contributed by atoms with Crippen molar-refractivity contribution in [2.75, 3.05) is 31.1 Å². The van der Waals surface area contributed by atoms with E-state index >= 15 is 0 Å². The van der Waals surface area contributed by atoms with Crippen LogP contribution in [0.2, 0.25) is 0 Å². The Balaban J connectivity index is 0.000000331. The summed E-state index contributed by atoms with van der Waals surface area (Å²) in [5.74, 6) is -5.54. The third kappa shape index (κ3) is 9.19. The van der Waals surface area contributed by atoms with Crippen LogP contribution < -0.4 is 10.2 Å². The summed E-state index contributed by atoms with van der Waals surface area (Å²) < 4.78 is 28.0. The van der Waals surface area contributed by atoms with Crippen LogP contribution in [0.1, 0.15) is 56.6 Å². The van der Waals surface area contributed by atoms with Gasteiger partial charge in [-0.3, -0.25) is 19.3 Å². The Labute approximate surface area is 247 Å². The van der Waals surface area contributed by atoms with Crippen LogP contribution in [0.25, 0.3) is 0 Å². The molecule has 0 radical (unpaired) electrons. The highest BCUT2D eigenvalue weighted by atomic mass is 19.1. The molecule has 2 aromatic rings. The molecule has 5 N–H and O–H groups in total. The molecule has 2 aliphatic heterocycles. The Morgan fingerprint density at radius 1 is 0.884 bits per heavy atom. The van der Waals surface area contributed by atoms with Crippen molar-refractivity contribution in [3.8, 4) is 0 Å². The lowest BCUT2D eigenvalue weighted by Gasteiger charge is -2.42. The van der Waals surface area contributed by atoms with Gasteiger partial charge in [0.25, 0.3) is 0 Å². The lowest BCUT2D eigenvalue weighted by Crippen LogP contribution is -2.52. The van der Waals surface area contributed by atoms with Crippen LogP contribution in [0.4, 0.5) is 14.5 Å². The minimum atomic E-state index is -2.74. The third-order valence-corrected chi connectivity index (χ3v) is 7.67. The number of carbonyl (C=O) groups excluding carboxylic acids is 1. The number of aliphatic hydroxyl groups is 1. The van der Waals surface area contributed by atoms with E-state index < -0.39 is 41.9 Å². The summed E-state index contributed by atoms with van der Waals surface area (Å²) in [7, 11) is 0. The molecule has 234 valence electrons. The van der Waals surface area contributed by atoms with Gasteiger partial charge in [0.1, 0.15) is 11.6 Å². The van der Waals surface area contributed by atoms with E-state index in [2.05, 4.69) is 15.1 Å². The van der Waals surface area contributed by atoms with Crippen molar-refractivity contribution in [2.24, 2.45) is 0 Å². The molecule has 0 atom stereocenters. The summed E-state index contributed by atoms with van der Waals surface area (Å²) in [6.45, 7) is 5.59. The van der Waals surface area contributed by atoms with Crippen LogP contribution in [0.5, 0.6) is 0 Å². The van der Waals surface area contributed by atoms with E-state index in [1.165, 1.54) is 19.1 Å². The molecular weight excluding hydrogens is 568 g/mol. The Hall–Kier alpha value is -4.10. The fourth-order valence-corrected chi connectivity index (χ4v) is 5.52. The SMILES string of the molecule is CC(=O)NC1(c2ccc(F)cc2)CCN(Cc2ccc(N3CCCC3)c(F)c2)CC1.O=C(O)CC(O)(CC(=O)O)C(=O)O. The highest BCUT2D eigenvalue weighted by molar-refractivity contribution is 5.88. The normalized spacial score (nSPS) is 16.6. The number of anilines is 1. The average Bonchev–Trinajstić information content (AvgIpc) is 3.44. The lowest BCUT2D eigenvalue weighted by molar-refractivity contribution is -0.170. The molecule has 4 rings (SSSR count).